The highest BCUT2D eigenvalue weighted by Gasteiger charge is 2.29. The van der Waals surface area contributed by atoms with E-state index in [0.29, 0.717) is 17.7 Å². The van der Waals surface area contributed by atoms with E-state index >= 15 is 4.39 Å². The van der Waals surface area contributed by atoms with E-state index in [-0.39, 0.29) is 28.3 Å². The number of hydrogen-bond acceptors (Lipinski definition) is 1. The van der Waals surface area contributed by atoms with Gasteiger partial charge in [-0.1, -0.05) is 67.8 Å². The number of benzene rings is 5. The summed E-state index contributed by atoms with van der Waals surface area (Å²) < 4.78 is 121. The molecule has 248 valence electrons. The number of alkyl halides is 2. The topological polar surface area (TPSA) is 9.23 Å². The molecule has 0 aliphatic carbocycles. The zero-order chi connectivity index (χ0) is 34.6. The van der Waals surface area contributed by atoms with Crippen molar-refractivity contribution in [2.24, 2.45) is 0 Å². The number of rotatable bonds is 11. The lowest BCUT2D eigenvalue weighted by atomic mass is 9.97. The molecule has 0 aliphatic rings. The summed E-state index contributed by atoms with van der Waals surface area (Å²) in [5, 5.41) is -0.788. The molecule has 10 heteroatoms. The van der Waals surface area contributed by atoms with Crippen LogP contribution in [0.3, 0.4) is 0 Å². The molecule has 0 amide bonds. The van der Waals surface area contributed by atoms with Crippen molar-refractivity contribution in [1.82, 2.24) is 0 Å². The monoisotopic (exact) mass is 686 g/mol. The molecule has 0 saturated carbocycles. The standard InChI is InChI=1S/C38H27ClF8O/c1-2-3-4-5-22-6-8-23(9-7-22)24-10-12-28(31(40)16-24)25-17-32(41)30(33(42)18-25)14-15-38(46,47)48-27-11-13-29(34(43)21-27)26-19-35(44)37(39)36(45)20-26/h6-21H,2-5H2,1H3. The Kier molecular flexibility index (Phi) is 10.6. The Balaban J connectivity index is 1.30. The fourth-order valence-corrected chi connectivity index (χ4v) is 5.26. The maximum absolute atomic E-state index is 15.1. The molecule has 48 heavy (non-hydrogen) atoms. The van der Waals surface area contributed by atoms with E-state index in [4.69, 9.17) is 11.6 Å². The van der Waals surface area contributed by atoms with Gasteiger partial charge in [0.05, 0.1) is 0 Å². The summed E-state index contributed by atoms with van der Waals surface area (Å²) in [6.45, 7) is 2.13. The molecule has 0 N–H and O–H groups in total. The second kappa shape index (κ2) is 14.6. The van der Waals surface area contributed by atoms with Gasteiger partial charge in [-0.05, 0) is 89.2 Å². The third-order valence-electron chi connectivity index (χ3n) is 7.65. The van der Waals surface area contributed by atoms with Gasteiger partial charge in [0.15, 0.2) is 0 Å². The zero-order valence-corrected chi connectivity index (χ0v) is 26.1. The van der Waals surface area contributed by atoms with Crippen LogP contribution in [0.15, 0.2) is 91.0 Å². The third kappa shape index (κ3) is 8.08. The van der Waals surface area contributed by atoms with Crippen LogP contribution in [0, 0.1) is 34.9 Å². The number of ether oxygens (including phenoxy) is 1. The van der Waals surface area contributed by atoms with Crippen LogP contribution in [0.5, 0.6) is 5.75 Å². The summed E-state index contributed by atoms with van der Waals surface area (Å²) in [5.41, 5.74) is 0.877. The van der Waals surface area contributed by atoms with Crippen LogP contribution < -0.4 is 4.74 Å². The minimum Gasteiger partial charge on any atom is -0.429 e. The van der Waals surface area contributed by atoms with Gasteiger partial charge in [-0.25, -0.2) is 26.3 Å². The zero-order valence-electron chi connectivity index (χ0n) is 25.4. The Bertz CT molecular complexity index is 1930. The van der Waals surface area contributed by atoms with Gasteiger partial charge in [0.1, 0.15) is 45.7 Å². The van der Waals surface area contributed by atoms with E-state index in [0.717, 1.165) is 67.6 Å². The van der Waals surface area contributed by atoms with E-state index in [9.17, 15) is 30.7 Å². The van der Waals surface area contributed by atoms with Crippen molar-refractivity contribution in [3.8, 4) is 39.1 Å². The van der Waals surface area contributed by atoms with Gasteiger partial charge in [-0.15, -0.1) is 0 Å². The normalized spacial score (nSPS) is 11.8. The first-order chi connectivity index (χ1) is 22.8. The SMILES string of the molecule is CCCCCc1ccc(-c2ccc(-c3cc(F)c(C=CC(F)(F)Oc4ccc(-c5cc(F)c(Cl)c(F)c5)c(F)c4)c(F)c3)c(F)c2)cc1. The molecule has 5 rings (SSSR count). The lowest BCUT2D eigenvalue weighted by Crippen LogP contribution is -2.21. The lowest BCUT2D eigenvalue weighted by molar-refractivity contribution is -0.131. The van der Waals surface area contributed by atoms with Crippen LogP contribution in [-0.4, -0.2) is 6.11 Å². The third-order valence-corrected chi connectivity index (χ3v) is 8.01. The fraction of sp³-hybridized carbons (Fsp3) is 0.158. The minimum absolute atomic E-state index is 0.0639. The maximum Gasteiger partial charge on any atom is 0.419 e. The predicted molar refractivity (Wildman–Crippen MR) is 172 cm³/mol. The molecule has 5 aromatic carbocycles. The van der Waals surface area contributed by atoms with Crippen molar-refractivity contribution in [2.45, 2.75) is 38.7 Å². The molecule has 0 aromatic heterocycles. The summed E-state index contributed by atoms with van der Waals surface area (Å²) in [6, 6.07) is 17.6. The summed E-state index contributed by atoms with van der Waals surface area (Å²) in [5.74, 6) is -7.32. The van der Waals surface area contributed by atoms with Crippen molar-refractivity contribution in [1.29, 1.82) is 0 Å². The Morgan fingerprint density at radius 1 is 0.604 bits per heavy atom. The fourth-order valence-electron chi connectivity index (χ4n) is 5.15. The minimum atomic E-state index is -4.17. The van der Waals surface area contributed by atoms with Gasteiger partial charge in [-0.3, -0.25) is 0 Å². The Hall–Kier alpha value is -4.63. The number of aryl methyl sites for hydroxylation is 1. The molecular weight excluding hydrogens is 660 g/mol. The quantitative estimate of drug-likeness (QED) is 0.0763. The summed E-state index contributed by atoms with van der Waals surface area (Å²) in [4.78, 5) is 0. The van der Waals surface area contributed by atoms with Crippen LogP contribution in [0.1, 0.15) is 37.3 Å². The molecule has 0 radical (unpaired) electrons. The second-order valence-corrected chi connectivity index (χ2v) is 11.5. The van der Waals surface area contributed by atoms with E-state index < -0.39 is 57.3 Å². The van der Waals surface area contributed by atoms with Gasteiger partial charge in [-0.2, -0.15) is 8.78 Å². The summed E-state index contributed by atoms with van der Waals surface area (Å²) in [6.07, 6.45) is 0.621. The Labute approximate surface area is 277 Å². The van der Waals surface area contributed by atoms with Crippen molar-refractivity contribution in [3.05, 3.63) is 142 Å². The number of halogens is 9. The van der Waals surface area contributed by atoms with Crippen LogP contribution in [0.2, 0.25) is 5.02 Å². The van der Waals surface area contributed by atoms with E-state index in [1.165, 1.54) is 17.7 Å². The highest BCUT2D eigenvalue weighted by molar-refractivity contribution is 6.31. The maximum atomic E-state index is 15.1. The molecule has 0 unspecified atom stereocenters. The van der Waals surface area contributed by atoms with Crippen molar-refractivity contribution < 1.29 is 39.9 Å². The summed E-state index contributed by atoms with van der Waals surface area (Å²) >= 11 is 5.44. The average molecular weight is 687 g/mol. The van der Waals surface area contributed by atoms with E-state index in [1.807, 2.05) is 24.3 Å². The van der Waals surface area contributed by atoms with Crippen LogP contribution in [0.4, 0.5) is 35.1 Å². The number of unbranched alkanes of at least 4 members (excludes halogenated alkanes) is 2. The average Bonchev–Trinajstić information content (AvgIpc) is 3.03. The largest absolute Gasteiger partial charge is 0.429 e. The molecule has 1 nitrogen and oxygen atoms in total. The smallest absolute Gasteiger partial charge is 0.419 e. The van der Waals surface area contributed by atoms with Crippen LogP contribution >= 0.6 is 11.6 Å². The number of hydrogen-bond donors (Lipinski definition) is 0. The van der Waals surface area contributed by atoms with Gasteiger partial charge in [0, 0.05) is 28.8 Å². The van der Waals surface area contributed by atoms with E-state index in [2.05, 4.69) is 11.7 Å². The highest BCUT2D eigenvalue weighted by atomic mass is 35.5. The molecule has 0 spiro atoms. The first-order valence-corrected chi connectivity index (χ1v) is 15.3. The molecule has 0 aliphatic heterocycles. The summed E-state index contributed by atoms with van der Waals surface area (Å²) in [7, 11) is 0. The highest BCUT2D eigenvalue weighted by Crippen LogP contribution is 2.34. The molecular formula is C38H27ClF8O. The van der Waals surface area contributed by atoms with Gasteiger partial charge in [0.25, 0.3) is 0 Å². The first kappa shape index (κ1) is 34.7. The van der Waals surface area contributed by atoms with Crippen molar-refractivity contribution in [3.63, 3.8) is 0 Å². The Morgan fingerprint density at radius 2 is 1.12 bits per heavy atom. The molecule has 0 heterocycles. The van der Waals surface area contributed by atoms with Crippen LogP contribution in [-0.2, 0) is 6.42 Å². The predicted octanol–water partition coefficient (Wildman–Crippen LogP) is 12.6. The molecule has 0 saturated heterocycles. The van der Waals surface area contributed by atoms with Gasteiger partial charge >= 0.3 is 6.11 Å². The first-order valence-electron chi connectivity index (χ1n) is 14.9. The van der Waals surface area contributed by atoms with Crippen LogP contribution in [0.25, 0.3) is 39.5 Å². The van der Waals surface area contributed by atoms with E-state index in [1.54, 1.807) is 6.07 Å². The second-order valence-electron chi connectivity index (χ2n) is 11.1. The van der Waals surface area contributed by atoms with Crippen molar-refractivity contribution >= 4 is 17.7 Å². The van der Waals surface area contributed by atoms with Crippen molar-refractivity contribution in [2.75, 3.05) is 0 Å². The lowest BCUT2D eigenvalue weighted by Gasteiger charge is -2.15. The molecule has 5 aromatic rings. The Morgan fingerprint density at radius 3 is 1.69 bits per heavy atom. The molecule has 0 bridgehead atoms. The van der Waals surface area contributed by atoms with Gasteiger partial charge < -0.3 is 4.74 Å². The van der Waals surface area contributed by atoms with Gasteiger partial charge in [0.2, 0.25) is 0 Å². The molecule has 0 atom stereocenters. The molecule has 0 fully saturated rings.